The van der Waals surface area contributed by atoms with Crippen molar-refractivity contribution < 1.29 is 9.32 Å². The lowest BCUT2D eigenvalue weighted by atomic mass is 10.0. The highest BCUT2D eigenvalue weighted by Gasteiger charge is 2.53. The number of nitrogens with one attached hydrogen (secondary N) is 1. The molecule has 25 heavy (non-hydrogen) atoms. The Kier molecular flexibility index (Phi) is 4.36. The topological polar surface area (TPSA) is 55.1 Å². The Balaban J connectivity index is 1.43. The molecule has 2 aromatic heterocycles. The van der Waals surface area contributed by atoms with Crippen molar-refractivity contribution in [2.75, 3.05) is 6.54 Å². The van der Waals surface area contributed by atoms with Crippen LogP contribution < -0.4 is 5.32 Å². The van der Waals surface area contributed by atoms with Crippen LogP contribution >= 0.6 is 22.9 Å². The van der Waals surface area contributed by atoms with Crippen LogP contribution in [-0.4, -0.2) is 17.6 Å². The Morgan fingerprint density at radius 2 is 2.08 bits per heavy atom. The molecular weight excluding hydrogens is 356 g/mol. The number of carbonyl (C=O) groups excluding carboxylic acids is 1. The van der Waals surface area contributed by atoms with Gasteiger partial charge in [-0.3, -0.25) is 4.79 Å². The Morgan fingerprint density at radius 3 is 2.76 bits per heavy atom. The second-order valence-electron chi connectivity index (χ2n) is 6.25. The summed E-state index contributed by atoms with van der Waals surface area (Å²) >= 11 is 7.62. The van der Waals surface area contributed by atoms with Crippen molar-refractivity contribution in [3.05, 3.63) is 63.4 Å². The van der Waals surface area contributed by atoms with Gasteiger partial charge in [0.2, 0.25) is 5.91 Å². The van der Waals surface area contributed by atoms with Gasteiger partial charge in [-0.1, -0.05) is 22.8 Å². The van der Waals surface area contributed by atoms with Gasteiger partial charge < -0.3 is 9.84 Å². The largest absolute Gasteiger partial charge is 0.356 e. The van der Waals surface area contributed by atoms with E-state index in [0.717, 1.165) is 24.8 Å². The smallest absolute Gasteiger partial charge is 0.232 e. The zero-order valence-corrected chi connectivity index (χ0v) is 15.1. The third-order valence-corrected chi connectivity index (χ3v) is 5.74. The molecule has 1 saturated carbocycles. The average molecular weight is 373 g/mol. The van der Waals surface area contributed by atoms with Gasteiger partial charge in [0.25, 0.3) is 0 Å². The highest BCUT2D eigenvalue weighted by Crippen LogP contribution is 2.48. The first-order chi connectivity index (χ1) is 12.2. The van der Waals surface area contributed by atoms with Crippen molar-refractivity contribution in [1.82, 2.24) is 10.5 Å². The molecular formula is C19H17ClN2O2S. The molecule has 0 radical (unpaired) electrons. The Labute approximate surface area is 154 Å². The molecule has 1 aliphatic rings. The van der Waals surface area contributed by atoms with Gasteiger partial charge >= 0.3 is 0 Å². The molecule has 1 aromatic carbocycles. The molecule has 1 aliphatic carbocycles. The van der Waals surface area contributed by atoms with Crippen LogP contribution in [0.1, 0.15) is 23.4 Å². The number of amides is 1. The van der Waals surface area contributed by atoms with Gasteiger partial charge in [0.1, 0.15) is 0 Å². The normalized spacial score (nSPS) is 15.1. The van der Waals surface area contributed by atoms with Crippen LogP contribution in [0.4, 0.5) is 0 Å². The lowest BCUT2D eigenvalue weighted by Crippen LogP contribution is -2.36. The maximum atomic E-state index is 12.6. The number of thiophene rings is 1. The molecule has 4 rings (SSSR count). The van der Waals surface area contributed by atoms with Crippen LogP contribution in [0.5, 0.6) is 0 Å². The molecule has 128 valence electrons. The fraction of sp³-hybridized carbons (Fsp3) is 0.263. The lowest BCUT2D eigenvalue weighted by Gasteiger charge is -2.11. The minimum atomic E-state index is -0.524. The first-order valence-corrected chi connectivity index (χ1v) is 9.47. The van der Waals surface area contributed by atoms with Gasteiger partial charge in [-0.15, -0.1) is 11.3 Å². The van der Waals surface area contributed by atoms with Crippen molar-refractivity contribution in [1.29, 1.82) is 0 Å². The van der Waals surface area contributed by atoms with E-state index in [2.05, 4.69) is 16.5 Å². The quantitative estimate of drug-likeness (QED) is 0.695. The maximum absolute atomic E-state index is 12.6. The molecule has 3 aromatic rings. The van der Waals surface area contributed by atoms with Gasteiger partial charge in [0.15, 0.2) is 5.76 Å². The summed E-state index contributed by atoms with van der Waals surface area (Å²) in [5, 5.41) is 9.93. The van der Waals surface area contributed by atoms with Crippen LogP contribution in [0.2, 0.25) is 5.02 Å². The molecule has 0 aliphatic heterocycles. The summed E-state index contributed by atoms with van der Waals surface area (Å²) in [6.45, 7) is 0.642. The first kappa shape index (κ1) is 16.4. The number of halogens is 1. The molecule has 1 fully saturated rings. The Bertz CT molecular complexity index is 867. The van der Waals surface area contributed by atoms with Crippen LogP contribution in [0.3, 0.4) is 0 Å². The molecule has 4 nitrogen and oxygen atoms in total. The van der Waals surface area contributed by atoms with E-state index in [1.54, 1.807) is 11.3 Å². The first-order valence-electron chi connectivity index (χ1n) is 8.21. The van der Waals surface area contributed by atoms with E-state index < -0.39 is 5.41 Å². The molecule has 0 spiro atoms. The second-order valence-corrected chi connectivity index (χ2v) is 7.72. The van der Waals surface area contributed by atoms with E-state index >= 15 is 0 Å². The van der Waals surface area contributed by atoms with E-state index in [-0.39, 0.29) is 5.91 Å². The Hall–Kier alpha value is -2.11. The molecule has 2 heterocycles. The molecule has 1 amide bonds. The number of benzene rings is 1. The van der Waals surface area contributed by atoms with Gasteiger partial charge in [0.05, 0.1) is 11.1 Å². The number of hydrogen-bond donors (Lipinski definition) is 1. The van der Waals surface area contributed by atoms with Crippen molar-refractivity contribution in [3.63, 3.8) is 0 Å². The van der Waals surface area contributed by atoms with Crippen LogP contribution in [0.25, 0.3) is 11.3 Å². The Morgan fingerprint density at radius 1 is 1.28 bits per heavy atom. The zero-order valence-electron chi connectivity index (χ0n) is 13.5. The van der Waals surface area contributed by atoms with E-state index in [0.29, 0.717) is 23.0 Å². The number of aromatic nitrogens is 1. The van der Waals surface area contributed by atoms with Crippen molar-refractivity contribution in [2.45, 2.75) is 24.7 Å². The third kappa shape index (κ3) is 3.34. The summed E-state index contributed by atoms with van der Waals surface area (Å²) in [5.74, 6) is 0.698. The standard InChI is InChI=1S/C19H17ClN2O2S/c20-14-5-3-13(4-6-14)16-12-17(22-24-16)19(8-9-19)18(23)21-10-7-15-2-1-11-25-15/h1-6,11-12H,7-10H2,(H,21,23). The number of carbonyl (C=O) groups is 1. The summed E-state index contributed by atoms with van der Waals surface area (Å²) < 4.78 is 5.46. The van der Waals surface area contributed by atoms with Crippen LogP contribution in [0.15, 0.2) is 52.4 Å². The minimum Gasteiger partial charge on any atom is -0.356 e. The van der Waals surface area contributed by atoms with Gasteiger partial charge in [-0.25, -0.2) is 0 Å². The number of hydrogen-bond acceptors (Lipinski definition) is 4. The molecule has 0 saturated heterocycles. The summed E-state index contributed by atoms with van der Waals surface area (Å²) in [5.41, 5.74) is 1.09. The summed E-state index contributed by atoms with van der Waals surface area (Å²) in [6.07, 6.45) is 2.48. The fourth-order valence-electron chi connectivity index (χ4n) is 2.90. The van der Waals surface area contributed by atoms with E-state index in [9.17, 15) is 4.79 Å². The second kappa shape index (κ2) is 6.65. The monoisotopic (exact) mass is 372 g/mol. The number of rotatable bonds is 6. The SMILES string of the molecule is O=C(NCCc1cccs1)C1(c2cc(-c3ccc(Cl)cc3)on2)CC1. The van der Waals surface area contributed by atoms with Crippen molar-refractivity contribution >= 4 is 28.8 Å². The maximum Gasteiger partial charge on any atom is 0.232 e. The summed E-state index contributed by atoms with van der Waals surface area (Å²) in [4.78, 5) is 13.9. The van der Waals surface area contributed by atoms with Gasteiger partial charge in [-0.05, 0) is 55.0 Å². The van der Waals surface area contributed by atoms with Crippen LogP contribution in [-0.2, 0) is 16.6 Å². The summed E-state index contributed by atoms with van der Waals surface area (Å²) in [6, 6.07) is 13.4. The predicted octanol–water partition coefficient (Wildman–Crippen LogP) is 4.45. The van der Waals surface area contributed by atoms with E-state index in [4.69, 9.17) is 16.1 Å². The minimum absolute atomic E-state index is 0.0417. The van der Waals surface area contributed by atoms with E-state index in [1.807, 2.05) is 41.8 Å². The zero-order chi connectivity index (χ0) is 17.3. The van der Waals surface area contributed by atoms with Crippen LogP contribution in [0, 0.1) is 0 Å². The van der Waals surface area contributed by atoms with E-state index in [1.165, 1.54) is 4.88 Å². The highest BCUT2D eigenvalue weighted by atomic mass is 35.5. The predicted molar refractivity (Wildman–Crippen MR) is 98.9 cm³/mol. The number of nitrogens with zero attached hydrogens (tertiary/aromatic N) is 1. The molecule has 0 atom stereocenters. The third-order valence-electron chi connectivity index (χ3n) is 4.55. The molecule has 1 N–H and O–H groups in total. The van der Waals surface area contributed by atoms with Crippen molar-refractivity contribution in [3.8, 4) is 11.3 Å². The lowest BCUT2D eigenvalue weighted by molar-refractivity contribution is -0.123. The molecule has 0 unspecified atom stereocenters. The summed E-state index contributed by atoms with van der Waals surface area (Å²) in [7, 11) is 0. The average Bonchev–Trinajstić information content (AvgIpc) is 3.04. The van der Waals surface area contributed by atoms with Crippen molar-refractivity contribution in [2.24, 2.45) is 0 Å². The molecule has 0 bridgehead atoms. The fourth-order valence-corrected chi connectivity index (χ4v) is 3.73. The van der Waals surface area contributed by atoms with Gasteiger partial charge in [0, 0.05) is 28.1 Å². The van der Waals surface area contributed by atoms with Gasteiger partial charge in [-0.2, -0.15) is 0 Å². The molecule has 6 heteroatoms. The highest BCUT2D eigenvalue weighted by molar-refractivity contribution is 7.09.